The second kappa shape index (κ2) is 6.00. The minimum Gasteiger partial charge on any atom is -0.309 e. The fourth-order valence-corrected chi connectivity index (χ4v) is 2.98. The maximum Gasteiger partial charge on any atom is 0.277 e. The first-order chi connectivity index (χ1) is 8.96. The van der Waals surface area contributed by atoms with E-state index in [1.807, 2.05) is 19.9 Å². The molecule has 0 saturated carbocycles. The molecule has 2 rings (SSSR count). The van der Waals surface area contributed by atoms with Gasteiger partial charge < -0.3 is 5.32 Å². The summed E-state index contributed by atoms with van der Waals surface area (Å²) >= 11 is 0. The van der Waals surface area contributed by atoms with Gasteiger partial charge in [0.25, 0.3) is 10.2 Å². The zero-order chi connectivity index (χ0) is 13.9. The van der Waals surface area contributed by atoms with Crippen LogP contribution in [0.5, 0.6) is 0 Å². The van der Waals surface area contributed by atoms with E-state index in [2.05, 4.69) is 26.9 Å². The Balaban J connectivity index is 1.91. The highest BCUT2D eigenvalue weighted by Crippen LogP contribution is 2.16. The van der Waals surface area contributed by atoms with Crippen molar-refractivity contribution in [2.75, 3.05) is 6.54 Å². The first kappa shape index (κ1) is 14.5. The van der Waals surface area contributed by atoms with E-state index in [1.54, 1.807) is 0 Å². The van der Waals surface area contributed by atoms with Crippen molar-refractivity contribution in [1.82, 2.24) is 14.8 Å². The third-order valence-corrected chi connectivity index (χ3v) is 4.12. The van der Waals surface area contributed by atoms with Crippen molar-refractivity contribution in [1.29, 1.82) is 0 Å². The summed E-state index contributed by atoms with van der Waals surface area (Å²) in [6, 6.07) is 6.08. The second-order valence-electron chi connectivity index (χ2n) is 5.27. The third kappa shape index (κ3) is 4.28. The van der Waals surface area contributed by atoms with Crippen LogP contribution in [-0.2, 0) is 29.8 Å². The standard InChI is InChI=1S/C13H21N3O2S/c1-10(2)6-15-19(17,18)16-7-11-3-4-12-8-14-9-13(12)5-11/h3-5,10,14-16H,6-9H2,1-2H3. The highest BCUT2D eigenvalue weighted by molar-refractivity contribution is 7.87. The molecule has 5 nitrogen and oxygen atoms in total. The smallest absolute Gasteiger partial charge is 0.277 e. The number of benzene rings is 1. The van der Waals surface area contributed by atoms with Gasteiger partial charge in [0.2, 0.25) is 0 Å². The Morgan fingerprint density at radius 3 is 2.68 bits per heavy atom. The Kier molecular flexibility index (Phi) is 4.57. The van der Waals surface area contributed by atoms with Gasteiger partial charge in [0, 0.05) is 26.2 Å². The quantitative estimate of drug-likeness (QED) is 0.725. The zero-order valence-corrected chi connectivity index (χ0v) is 12.2. The summed E-state index contributed by atoms with van der Waals surface area (Å²) in [5.74, 6) is 0.294. The fraction of sp³-hybridized carbons (Fsp3) is 0.538. The third-order valence-electron chi connectivity index (χ3n) is 3.05. The van der Waals surface area contributed by atoms with Crippen LogP contribution in [0.3, 0.4) is 0 Å². The molecule has 0 unspecified atom stereocenters. The van der Waals surface area contributed by atoms with Crippen LogP contribution in [0.4, 0.5) is 0 Å². The van der Waals surface area contributed by atoms with Crippen molar-refractivity contribution >= 4 is 10.2 Å². The van der Waals surface area contributed by atoms with Crippen molar-refractivity contribution in [3.63, 3.8) is 0 Å². The molecule has 0 fully saturated rings. The Hall–Kier alpha value is -0.950. The monoisotopic (exact) mass is 283 g/mol. The van der Waals surface area contributed by atoms with Gasteiger partial charge in [-0.05, 0) is 22.6 Å². The molecule has 1 aromatic rings. The van der Waals surface area contributed by atoms with Gasteiger partial charge in [-0.2, -0.15) is 13.1 Å². The second-order valence-corrected chi connectivity index (χ2v) is 6.86. The molecule has 19 heavy (non-hydrogen) atoms. The lowest BCUT2D eigenvalue weighted by atomic mass is 10.1. The number of nitrogens with one attached hydrogen (secondary N) is 3. The molecule has 1 heterocycles. The van der Waals surface area contributed by atoms with Crippen LogP contribution in [0.2, 0.25) is 0 Å². The average Bonchev–Trinajstić information content (AvgIpc) is 2.81. The fourth-order valence-electron chi connectivity index (χ4n) is 1.96. The molecule has 0 aliphatic carbocycles. The average molecular weight is 283 g/mol. The molecule has 3 N–H and O–H groups in total. The molecular formula is C13H21N3O2S. The Bertz CT molecular complexity index is 541. The molecule has 106 valence electrons. The van der Waals surface area contributed by atoms with E-state index in [0.29, 0.717) is 19.0 Å². The minimum absolute atomic E-state index is 0.294. The van der Waals surface area contributed by atoms with E-state index in [-0.39, 0.29) is 0 Å². The van der Waals surface area contributed by atoms with Gasteiger partial charge in [0.15, 0.2) is 0 Å². The van der Waals surface area contributed by atoms with Crippen molar-refractivity contribution in [2.24, 2.45) is 5.92 Å². The van der Waals surface area contributed by atoms with Gasteiger partial charge in [0.1, 0.15) is 0 Å². The zero-order valence-electron chi connectivity index (χ0n) is 11.4. The maximum absolute atomic E-state index is 11.7. The van der Waals surface area contributed by atoms with Crippen molar-refractivity contribution in [3.05, 3.63) is 34.9 Å². The van der Waals surface area contributed by atoms with Crippen LogP contribution in [0.15, 0.2) is 18.2 Å². The predicted octanol–water partition coefficient (Wildman–Crippen LogP) is 0.870. The lowest BCUT2D eigenvalue weighted by Gasteiger charge is -2.10. The molecule has 6 heteroatoms. The van der Waals surface area contributed by atoms with Gasteiger partial charge in [0.05, 0.1) is 0 Å². The Labute approximate surface area is 115 Å². The number of hydrogen-bond donors (Lipinski definition) is 3. The van der Waals surface area contributed by atoms with Crippen LogP contribution >= 0.6 is 0 Å². The van der Waals surface area contributed by atoms with Gasteiger partial charge in [-0.25, -0.2) is 4.72 Å². The SMILES string of the molecule is CC(C)CNS(=O)(=O)NCc1ccc2c(c1)CNC2. The summed E-state index contributed by atoms with van der Waals surface area (Å²) in [5.41, 5.74) is 3.54. The topological polar surface area (TPSA) is 70.2 Å². The highest BCUT2D eigenvalue weighted by atomic mass is 32.2. The van der Waals surface area contributed by atoms with Crippen molar-refractivity contribution < 1.29 is 8.42 Å². The van der Waals surface area contributed by atoms with Crippen LogP contribution in [0.1, 0.15) is 30.5 Å². The van der Waals surface area contributed by atoms with Crippen molar-refractivity contribution in [2.45, 2.75) is 33.5 Å². The normalized spacial score (nSPS) is 14.9. The lowest BCUT2D eigenvalue weighted by molar-refractivity contribution is 0.547. The maximum atomic E-state index is 11.7. The van der Waals surface area contributed by atoms with E-state index in [4.69, 9.17) is 0 Å². The van der Waals surface area contributed by atoms with E-state index in [1.165, 1.54) is 11.1 Å². The van der Waals surface area contributed by atoms with E-state index < -0.39 is 10.2 Å². The first-order valence-electron chi connectivity index (χ1n) is 6.52. The molecule has 0 atom stereocenters. The molecule has 0 aromatic heterocycles. The van der Waals surface area contributed by atoms with Crippen LogP contribution in [0, 0.1) is 5.92 Å². The summed E-state index contributed by atoms with van der Waals surface area (Å²) < 4.78 is 28.5. The highest BCUT2D eigenvalue weighted by Gasteiger charge is 2.12. The number of rotatable bonds is 6. The Morgan fingerprint density at radius 1 is 1.21 bits per heavy atom. The minimum atomic E-state index is -3.40. The van der Waals surface area contributed by atoms with Gasteiger partial charge in [-0.15, -0.1) is 0 Å². The molecule has 1 aliphatic rings. The first-order valence-corrected chi connectivity index (χ1v) is 8.00. The molecule has 0 radical (unpaired) electrons. The molecule has 0 saturated heterocycles. The van der Waals surface area contributed by atoms with E-state index >= 15 is 0 Å². The van der Waals surface area contributed by atoms with Gasteiger partial charge in [-0.3, -0.25) is 0 Å². The summed E-state index contributed by atoms with van der Waals surface area (Å²) in [4.78, 5) is 0. The van der Waals surface area contributed by atoms with Crippen molar-refractivity contribution in [3.8, 4) is 0 Å². The molecule has 0 spiro atoms. The molecule has 1 aromatic carbocycles. The molecule has 0 amide bonds. The summed E-state index contributed by atoms with van der Waals surface area (Å²) in [7, 11) is -3.40. The Morgan fingerprint density at radius 2 is 1.95 bits per heavy atom. The number of hydrogen-bond acceptors (Lipinski definition) is 3. The molecule has 1 aliphatic heterocycles. The van der Waals surface area contributed by atoms with Crippen LogP contribution < -0.4 is 14.8 Å². The number of fused-ring (bicyclic) bond motifs is 1. The summed E-state index contributed by atoms with van der Waals surface area (Å²) in [6.45, 7) is 6.47. The van der Waals surface area contributed by atoms with Crippen LogP contribution in [-0.4, -0.2) is 15.0 Å². The van der Waals surface area contributed by atoms with E-state index in [9.17, 15) is 8.42 Å². The molecular weight excluding hydrogens is 262 g/mol. The van der Waals surface area contributed by atoms with E-state index in [0.717, 1.165) is 18.7 Å². The summed E-state index contributed by atoms with van der Waals surface area (Å²) in [5, 5.41) is 3.27. The molecule has 0 bridgehead atoms. The summed E-state index contributed by atoms with van der Waals surface area (Å²) in [6.07, 6.45) is 0. The van der Waals surface area contributed by atoms with Crippen LogP contribution in [0.25, 0.3) is 0 Å². The predicted molar refractivity (Wildman–Crippen MR) is 75.6 cm³/mol. The van der Waals surface area contributed by atoms with Gasteiger partial charge in [-0.1, -0.05) is 32.0 Å². The van der Waals surface area contributed by atoms with Gasteiger partial charge >= 0.3 is 0 Å². The largest absolute Gasteiger partial charge is 0.309 e. The lowest BCUT2D eigenvalue weighted by Crippen LogP contribution is -2.37.